The highest BCUT2D eigenvalue weighted by atomic mass is 15.1. The van der Waals surface area contributed by atoms with Gasteiger partial charge in [0.25, 0.3) is 0 Å². The molecular weight excluding hydrogens is 605 g/mol. The summed E-state index contributed by atoms with van der Waals surface area (Å²) in [4.78, 5) is 4.59. The molecule has 0 radical (unpaired) electrons. The van der Waals surface area contributed by atoms with E-state index in [1.807, 2.05) is 0 Å². The average Bonchev–Trinajstić information content (AvgIpc) is 3.20. The van der Waals surface area contributed by atoms with Crippen molar-refractivity contribution < 1.29 is 0 Å². The second-order valence-corrected chi connectivity index (χ2v) is 12.2. The lowest BCUT2D eigenvalue weighted by molar-refractivity contribution is 1.28. The monoisotopic (exact) mass is 640 g/mol. The molecule has 0 fully saturated rings. The van der Waals surface area contributed by atoms with Gasteiger partial charge in [0.15, 0.2) is 0 Å². The summed E-state index contributed by atoms with van der Waals surface area (Å²) in [6.45, 7) is 0. The van der Waals surface area contributed by atoms with Crippen molar-refractivity contribution in [3.63, 3.8) is 0 Å². The molecule has 0 aliphatic carbocycles. The highest BCUT2D eigenvalue weighted by Crippen LogP contribution is 2.41. The molecule has 0 aliphatic rings. The molecule has 0 heterocycles. The van der Waals surface area contributed by atoms with Crippen LogP contribution in [0.25, 0.3) is 33.4 Å². The summed E-state index contributed by atoms with van der Waals surface area (Å²) in [5.74, 6) is 0. The highest BCUT2D eigenvalue weighted by Gasteiger charge is 2.16. The third kappa shape index (κ3) is 6.31. The molecule has 8 rings (SSSR count). The molecular formula is C48H36N2. The molecule has 0 aromatic heterocycles. The van der Waals surface area contributed by atoms with E-state index in [4.69, 9.17) is 0 Å². The molecule has 0 saturated heterocycles. The van der Waals surface area contributed by atoms with Gasteiger partial charge in [0.1, 0.15) is 0 Å². The first kappa shape index (κ1) is 30.7. The molecule has 0 aliphatic heterocycles. The zero-order chi connectivity index (χ0) is 33.5. The summed E-state index contributed by atoms with van der Waals surface area (Å²) in [5, 5.41) is 0. The lowest BCUT2D eigenvalue weighted by Gasteiger charge is -2.26. The standard InChI is InChI=1S/C48H36N2/c1-5-17-39(18-6-1)49(40-19-7-2-8-20-40)43-33-29-37(30-34-43)45-25-13-15-27-47(45)48-28-16-14-26-46(48)38-31-35-44(36-32-38)50(41-21-9-3-10-22-41)42-23-11-4-12-24-42/h1-36H. The largest absolute Gasteiger partial charge is 0.311 e. The fourth-order valence-corrected chi connectivity index (χ4v) is 6.72. The Morgan fingerprint density at radius 1 is 0.180 bits per heavy atom. The second-order valence-electron chi connectivity index (χ2n) is 12.2. The fraction of sp³-hybridized carbons (Fsp3) is 0. The number of rotatable bonds is 9. The van der Waals surface area contributed by atoms with Crippen LogP contribution in [0.2, 0.25) is 0 Å². The van der Waals surface area contributed by atoms with Crippen molar-refractivity contribution in [1.82, 2.24) is 0 Å². The maximum Gasteiger partial charge on any atom is 0.0462 e. The molecule has 0 saturated carbocycles. The smallest absolute Gasteiger partial charge is 0.0462 e. The molecule has 8 aromatic carbocycles. The quantitative estimate of drug-likeness (QED) is 0.155. The van der Waals surface area contributed by atoms with E-state index in [1.54, 1.807) is 0 Å². The summed E-state index contributed by atoms with van der Waals surface area (Å²) < 4.78 is 0. The Bertz CT molecular complexity index is 2040. The highest BCUT2D eigenvalue weighted by molar-refractivity contribution is 5.92. The van der Waals surface area contributed by atoms with Crippen LogP contribution in [0.1, 0.15) is 0 Å². The van der Waals surface area contributed by atoms with Gasteiger partial charge in [-0.2, -0.15) is 0 Å². The molecule has 0 unspecified atom stereocenters. The van der Waals surface area contributed by atoms with Crippen LogP contribution in [0.4, 0.5) is 34.1 Å². The van der Waals surface area contributed by atoms with Crippen molar-refractivity contribution >= 4 is 34.1 Å². The Hall–Kier alpha value is -6.64. The number of benzene rings is 8. The third-order valence-corrected chi connectivity index (χ3v) is 9.07. The van der Waals surface area contributed by atoms with E-state index in [1.165, 1.54) is 33.4 Å². The Balaban J connectivity index is 1.14. The lowest BCUT2D eigenvalue weighted by atomic mass is 9.89. The molecule has 2 nitrogen and oxygen atoms in total. The van der Waals surface area contributed by atoms with E-state index in [0.717, 1.165) is 34.1 Å². The van der Waals surface area contributed by atoms with Crippen LogP contribution in [-0.4, -0.2) is 0 Å². The minimum absolute atomic E-state index is 1.11. The maximum atomic E-state index is 2.30. The number of para-hydroxylation sites is 4. The van der Waals surface area contributed by atoms with Gasteiger partial charge in [-0.1, -0.05) is 146 Å². The van der Waals surface area contributed by atoms with E-state index in [0.29, 0.717) is 0 Å². The predicted octanol–water partition coefficient (Wildman–Crippen LogP) is 13.6. The third-order valence-electron chi connectivity index (χ3n) is 9.07. The van der Waals surface area contributed by atoms with Gasteiger partial charge in [-0.15, -0.1) is 0 Å². The Morgan fingerprint density at radius 3 is 0.680 bits per heavy atom. The second kappa shape index (κ2) is 14.2. The molecule has 0 bridgehead atoms. The summed E-state index contributed by atoms with van der Waals surface area (Å²) >= 11 is 0. The summed E-state index contributed by atoms with van der Waals surface area (Å²) in [6.07, 6.45) is 0. The molecule has 238 valence electrons. The molecule has 0 spiro atoms. The van der Waals surface area contributed by atoms with Crippen LogP contribution in [0.15, 0.2) is 218 Å². The fourth-order valence-electron chi connectivity index (χ4n) is 6.72. The number of hydrogen-bond donors (Lipinski definition) is 0. The van der Waals surface area contributed by atoms with Gasteiger partial charge in [-0.3, -0.25) is 0 Å². The van der Waals surface area contributed by atoms with Crippen molar-refractivity contribution in [1.29, 1.82) is 0 Å². The van der Waals surface area contributed by atoms with Crippen molar-refractivity contribution in [2.75, 3.05) is 9.80 Å². The molecule has 2 heteroatoms. The molecule has 8 aromatic rings. The first-order chi connectivity index (χ1) is 24.8. The van der Waals surface area contributed by atoms with Gasteiger partial charge in [-0.05, 0) is 106 Å². The molecule has 0 N–H and O–H groups in total. The van der Waals surface area contributed by atoms with Gasteiger partial charge in [0.2, 0.25) is 0 Å². The first-order valence-electron chi connectivity index (χ1n) is 17.0. The molecule has 0 amide bonds. The van der Waals surface area contributed by atoms with Gasteiger partial charge in [0, 0.05) is 34.1 Å². The zero-order valence-corrected chi connectivity index (χ0v) is 27.7. The molecule has 0 atom stereocenters. The minimum atomic E-state index is 1.11. The summed E-state index contributed by atoms with van der Waals surface area (Å²) in [7, 11) is 0. The van der Waals surface area contributed by atoms with Gasteiger partial charge >= 0.3 is 0 Å². The van der Waals surface area contributed by atoms with Crippen molar-refractivity contribution in [2.24, 2.45) is 0 Å². The van der Waals surface area contributed by atoms with E-state index < -0.39 is 0 Å². The van der Waals surface area contributed by atoms with E-state index >= 15 is 0 Å². The number of anilines is 6. The predicted molar refractivity (Wildman–Crippen MR) is 212 cm³/mol. The topological polar surface area (TPSA) is 6.48 Å². The van der Waals surface area contributed by atoms with Crippen molar-refractivity contribution in [3.8, 4) is 33.4 Å². The average molecular weight is 641 g/mol. The first-order valence-corrected chi connectivity index (χ1v) is 17.0. The van der Waals surface area contributed by atoms with Crippen LogP contribution >= 0.6 is 0 Å². The van der Waals surface area contributed by atoms with Crippen LogP contribution < -0.4 is 9.80 Å². The van der Waals surface area contributed by atoms with Gasteiger partial charge in [0.05, 0.1) is 0 Å². The normalized spacial score (nSPS) is 10.8. The van der Waals surface area contributed by atoms with Gasteiger partial charge < -0.3 is 9.80 Å². The Labute approximate surface area is 294 Å². The Morgan fingerprint density at radius 2 is 0.400 bits per heavy atom. The molecule has 50 heavy (non-hydrogen) atoms. The van der Waals surface area contributed by atoms with E-state index in [-0.39, 0.29) is 0 Å². The van der Waals surface area contributed by atoms with Crippen LogP contribution in [-0.2, 0) is 0 Å². The van der Waals surface area contributed by atoms with Crippen molar-refractivity contribution in [2.45, 2.75) is 0 Å². The van der Waals surface area contributed by atoms with Crippen molar-refractivity contribution in [3.05, 3.63) is 218 Å². The van der Waals surface area contributed by atoms with Crippen LogP contribution in [0.5, 0.6) is 0 Å². The SMILES string of the molecule is c1ccc(N(c2ccccc2)c2ccc(-c3ccccc3-c3ccccc3-c3ccc(N(c4ccccc4)c4ccccc4)cc3)cc2)cc1. The summed E-state index contributed by atoms with van der Waals surface area (Å²) in [6, 6.07) is 77.5. The van der Waals surface area contributed by atoms with Gasteiger partial charge in [-0.25, -0.2) is 0 Å². The van der Waals surface area contributed by atoms with E-state index in [2.05, 4.69) is 228 Å². The summed E-state index contributed by atoms with van der Waals surface area (Å²) in [5.41, 5.74) is 13.9. The van der Waals surface area contributed by atoms with Crippen LogP contribution in [0, 0.1) is 0 Å². The van der Waals surface area contributed by atoms with E-state index in [9.17, 15) is 0 Å². The Kier molecular flexibility index (Phi) is 8.73. The number of hydrogen-bond acceptors (Lipinski definition) is 2. The number of nitrogens with zero attached hydrogens (tertiary/aromatic N) is 2. The minimum Gasteiger partial charge on any atom is -0.311 e. The zero-order valence-electron chi connectivity index (χ0n) is 27.7. The van der Waals surface area contributed by atoms with Crippen LogP contribution in [0.3, 0.4) is 0 Å². The maximum absolute atomic E-state index is 2.30. The lowest BCUT2D eigenvalue weighted by Crippen LogP contribution is -2.09.